The molecule has 8 heteroatoms. The fourth-order valence-electron chi connectivity index (χ4n) is 3.22. The fraction of sp³-hybridized carbons (Fsp3) is 0.474. The molecule has 3 rings (SSSR count). The van der Waals surface area contributed by atoms with Gasteiger partial charge in [-0.15, -0.1) is 0 Å². The van der Waals surface area contributed by atoms with Gasteiger partial charge < -0.3 is 15.4 Å². The van der Waals surface area contributed by atoms with Gasteiger partial charge in [0.15, 0.2) is 5.96 Å². The van der Waals surface area contributed by atoms with Crippen molar-refractivity contribution < 1.29 is 4.74 Å². The van der Waals surface area contributed by atoms with Crippen molar-refractivity contribution in [2.75, 3.05) is 39.9 Å². The third kappa shape index (κ3) is 5.45. The van der Waals surface area contributed by atoms with Gasteiger partial charge in [-0.2, -0.15) is 5.10 Å². The zero-order chi connectivity index (χ0) is 19.1. The van der Waals surface area contributed by atoms with Crippen LogP contribution in [0.2, 0.25) is 5.02 Å². The molecule has 2 aromatic rings. The molecule has 146 valence electrons. The van der Waals surface area contributed by atoms with Gasteiger partial charge in [0.25, 0.3) is 0 Å². The Balaban J connectivity index is 1.64. The number of nitrogens with one attached hydrogen (secondary N) is 2. The first-order chi connectivity index (χ1) is 13.2. The third-order valence-corrected chi connectivity index (χ3v) is 5.00. The Morgan fingerprint density at radius 1 is 1.30 bits per heavy atom. The van der Waals surface area contributed by atoms with Crippen molar-refractivity contribution >= 4 is 17.6 Å². The first-order valence-electron chi connectivity index (χ1n) is 9.16. The molecule has 1 aliphatic heterocycles. The Morgan fingerprint density at radius 2 is 2.11 bits per heavy atom. The van der Waals surface area contributed by atoms with E-state index in [4.69, 9.17) is 16.3 Å². The van der Waals surface area contributed by atoms with Crippen molar-refractivity contribution in [1.29, 1.82) is 0 Å². The summed E-state index contributed by atoms with van der Waals surface area (Å²) in [5.74, 6) is 0.761. The van der Waals surface area contributed by atoms with E-state index < -0.39 is 0 Å². The van der Waals surface area contributed by atoms with Gasteiger partial charge in [-0.25, -0.2) is 0 Å². The summed E-state index contributed by atoms with van der Waals surface area (Å²) in [5, 5.41) is 11.7. The molecule has 1 aliphatic rings. The molecular weight excluding hydrogens is 364 g/mol. The summed E-state index contributed by atoms with van der Waals surface area (Å²) in [7, 11) is 3.71. The number of aromatic nitrogens is 2. The summed E-state index contributed by atoms with van der Waals surface area (Å²) in [6.45, 7) is 4.70. The lowest BCUT2D eigenvalue weighted by molar-refractivity contribution is 0.0170. The van der Waals surface area contributed by atoms with E-state index in [1.807, 2.05) is 36.0 Å². The number of hydrogen-bond donors (Lipinski definition) is 2. The normalized spacial score (nSPS) is 16.9. The van der Waals surface area contributed by atoms with Crippen molar-refractivity contribution in [2.24, 2.45) is 12.0 Å². The third-order valence-electron chi connectivity index (χ3n) is 4.77. The minimum atomic E-state index is 0.197. The van der Waals surface area contributed by atoms with Crippen molar-refractivity contribution in [2.45, 2.75) is 12.6 Å². The number of aliphatic imine (C=N–C) groups is 1. The van der Waals surface area contributed by atoms with Gasteiger partial charge in [-0.05, 0) is 23.8 Å². The molecular formula is C19H27ClN6O. The van der Waals surface area contributed by atoms with E-state index in [9.17, 15) is 0 Å². The molecule has 1 atom stereocenters. The number of ether oxygens (including phenoxy) is 1. The highest BCUT2D eigenvalue weighted by molar-refractivity contribution is 6.30. The van der Waals surface area contributed by atoms with Crippen LogP contribution in [0.5, 0.6) is 0 Å². The molecule has 0 amide bonds. The highest BCUT2D eigenvalue weighted by Gasteiger charge is 2.23. The molecule has 0 bridgehead atoms. The zero-order valence-corrected chi connectivity index (χ0v) is 16.6. The van der Waals surface area contributed by atoms with Crippen LogP contribution in [-0.4, -0.2) is 60.5 Å². The van der Waals surface area contributed by atoms with Crippen LogP contribution in [-0.2, 0) is 18.3 Å². The topological polar surface area (TPSA) is 66.7 Å². The zero-order valence-electron chi connectivity index (χ0n) is 15.9. The highest BCUT2D eigenvalue weighted by Crippen LogP contribution is 2.23. The van der Waals surface area contributed by atoms with Gasteiger partial charge in [-0.3, -0.25) is 14.6 Å². The Labute approximate surface area is 165 Å². The number of benzene rings is 1. The van der Waals surface area contributed by atoms with E-state index in [0.717, 1.165) is 49.5 Å². The number of morpholine rings is 1. The molecule has 1 aromatic heterocycles. The second kappa shape index (κ2) is 9.73. The number of halogens is 1. The Kier molecular flexibility index (Phi) is 7.09. The van der Waals surface area contributed by atoms with Gasteiger partial charge in [0, 0.05) is 44.9 Å². The van der Waals surface area contributed by atoms with Gasteiger partial charge in [-0.1, -0.05) is 23.7 Å². The standard InChI is InChI=1S/C19H27ClN6O/c1-21-19(22-13-17-6-7-24-25(17)2)23-14-18(26-8-10-27-11-9-26)15-4-3-5-16(20)12-15/h3-7,12,18H,8-11,13-14H2,1-2H3,(H2,21,22,23). The van der Waals surface area contributed by atoms with Crippen LogP contribution in [0, 0.1) is 0 Å². The van der Waals surface area contributed by atoms with Crippen LogP contribution in [0.3, 0.4) is 0 Å². The summed E-state index contributed by atoms with van der Waals surface area (Å²) < 4.78 is 7.36. The first-order valence-corrected chi connectivity index (χ1v) is 9.54. The van der Waals surface area contributed by atoms with Crippen molar-refractivity contribution in [3.63, 3.8) is 0 Å². The Hall–Kier alpha value is -2.09. The van der Waals surface area contributed by atoms with Crippen molar-refractivity contribution in [3.8, 4) is 0 Å². The number of nitrogens with zero attached hydrogens (tertiary/aromatic N) is 4. The van der Waals surface area contributed by atoms with E-state index in [1.54, 1.807) is 13.2 Å². The monoisotopic (exact) mass is 390 g/mol. The summed E-state index contributed by atoms with van der Waals surface area (Å²) in [4.78, 5) is 6.77. The number of rotatable bonds is 6. The SMILES string of the molecule is CN=C(NCc1ccnn1C)NCC(c1cccc(Cl)c1)N1CCOCC1. The maximum absolute atomic E-state index is 6.23. The van der Waals surface area contributed by atoms with Crippen molar-refractivity contribution in [3.05, 3.63) is 52.8 Å². The maximum Gasteiger partial charge on any atom is 0.191 e. The summed E-state index contributed by atoms with van der Waals surface area (Å²) >= 11 is 6.23. The number of hydrogen-bond acceptors (Lipinski definition) is 4. The van der Waals surface area contributed by atoms with E-state index in [-0.39, 0.29) is 6.04 Å². The molecule has 1 aromatic carbocycles. The molecule has 7 nitrogen and oxygen atoms in total. The molecule has 1 unspecified atom stereocenters. The van der Waals surface area contributed by atoms with E-state index in [1.165, 1.54) is 5.56 Å². The minimum absolute atomic E-state index is 0.197. The predicted molar refractivity (Wildman–Crippen MR) is 108 cm³/mol. The van der Waals surface area contributed by atoms with E-state index in [0.29, 0.717) is 6.54 Å². The molecule has 2 N–H and O–H groups in total. The average molecular weight is 391 g/mol. The second-order valence-electron chi connectivity index (χ2n) is 6.47. The van der Waals surface area contributed by atoms with Crippen LogP contribution in [0.15, 0.2) is 41.5 Å². The second-order valence-corrected chi connectivity index (χ2v) is 6.91. The molecule has 0 radical (unpaired) electrons. The molecule has 27 heavy (non-hydrogen) atoms. The van der Waals surface area contributed by atoms with Crippen molar-refractivity contribution in [1.82, 2.24) is 25.3 Å². The molecule has 0 saturated carbocycles. The number of guanidine groups is 1. The Morgan fingerprint density at radius 3 is 2.78 bits per heavy atom. The number of aryl methyl sites for hydroxylation is 1. The van der Waals surface area contributed by atoms with Gasteiger partial charge in [0.1, 0.15) is 0 Å². The summed E-state index contributed by atoms with van der Waals surface area (Å²) in [6.07, 6.45) is 1.79. The largest absolute Gasteiger partial charge is 0.379 e. The van der Waals surface area contributed by atoms with Gasteiger partial charge in [0.2, 0.25) is 0 Å². The Bertz CT molecular complexity index is 756. The lowest BCUT2D eigenvalue weighted by Crippen LogP contribution is -2.46. The van der Waals surface area contributed by atoms with Crippen LogP contribution >= 0.6 is 11.6 Å². The minimum Gasteiger partial charge on any atom is -0.379 e. The van der Waals surface area contributed by atoms with Crippen LogP contribution in [0.1, 0.15) is 17.3 Å². The quantitative estimate of drug-likeness (QED) is 0.581. The molecule has 0 spiro atoms. The summed E-state index contributed by atoms with van der Waals surface area (Å²) in [5.41, 5.74) is 2.29. The molecule has 1 fully saturated rings. The maximum atomic E-state index is 6.23. The lowest BCUT2D eigenvalue weighted by Gasteiger charge is -2.35. The van der Waals surface area contributed by atoms with E-state index >= 15 is 0 Å². The van der Waals surface area contributed by atoms with Gasteiger partial charge in [0.05, 0.1) is 31.5 Å². The van der Waals surface area contributed by atoms with Crippen LogP contribution in [0.4, 0.5) is 0 Å². The average Bonchev–Trinajstić information content (AvgIpc) is 3.10. The van der Waals surface area contributed by atoms with Crippen LogP contribution in [0.25, 0.3) is 0 Å². The first kappa shape index (κ1) is 19.7. The van der Waals surface area contributed by atoms with Gasteiger partial charge >= 0.3 is 0 Å². The molecule has 0 aliphatic carbocycles. The van der Waals surface area contributed by atoms with E-state index in [2.05, 4.69) is 31.7 Å². The predicted octanol–water partition coefficient (Wildman–Crippen LogP) is 1.81. The fourth-order valence-corrected chi connectivity index (χ4v) is 3.42. The van der Waals surface area contributed by atoms with Crippen LogP contribution < -0.4 is 10.6 Å². The molecule has 2 heterocycles. The highest BCUT2D eigenvalue weighted by atomic mass is 35.5. The summed E-state index contributed by atoms with van der Waals surface area (Å²) in [6, 6.07) is 10.3. The molecule has 1 saturated heterocycles. The smallest absolute Gasteiger partial charge is 0.191 e. The lowest BCUT2D eigenvalue weighted by atomic mass is 10.0.